The molecule has 4 aromatic rings. The molecular formula is C46H46N2O9. The Balaban J connectivity index is 1.12. The highest BCUT2D eigenvalue weighted by Gasteiger charge is 2.41. The largest absolute Gasteiger partial charge is 0.497 e. The molecule has 1 amide bonds. The third-order valence-corrected chi connectivity index (χ3v) is 10.8. The average Bonchev–Trinajstić information content (AvgIpc) is 3.60. The zero-order valence-electron chi connectivity index (χ0n) is 32.4. The van der Waals surface area contributed by atoms with Crippen molar-refractivity contribution in [3.63, 3.8) is 0 Å². The highest BCUT2D eigenvalue weighted by atomic mass is 16.5. The summed E-state index contributed by atoms with van der Waals surface area (Å²) in [4.78, 5) is 45.3. The molecule has 2 aliphatic heterocycles. The lowest BCUT2D eigenvalue weighted by molar-refractivity contribution is -0.146. The number of carbonyl (C=O) groups is 2. The maximum Gasteiger partial charge on any atom is 0.309 e. The van der Waals surface area contributed by atoms with Gasteiger partial charge in [-0.15, -0.1) is 0 Å². The molecule has 1 fully saturated rings. The maximum atomic E-state index is 13.9. The Morgan fingerprint density at radius 2 is 1.49 bits per heavy atom. The Bertz CT molecular complexity index is 2340. The molecule has 7 rings (SSSR count). The summed E-state index contributed by atoms with van der Waals surface area (Å²) in [5, 5.41) is 20.4. The molecule has 0 saturated carbocycles. The number of methoxy groups -OCH3 is 2. The number of carboxylic acids is 1. The monoisotopic (exact) mass is 770 g/mol. The minimum absolute atomic E-state index is 0.0399. The van der Waals surface area contributed by atoms with Crippen LogP contribution in [0.1, 0.15) is 54.5 Å². The maximum absolute atomic E-state index is 13.9. The summed E-state index contributed by atoms with van der Waals surface area (Å²) < 4.78 is 24.1. The van der Waals surface area contributed by atoms with Crippen molar-refractivity contribution in [3.05, 3.63) is 147 Å². The van der Waals surface area contributed by atoms with Crippen LogP contribution in [0.3, 0.4) is 0 Å². The minimum Gasteiger partial charge on any atom is -0.497 e. The Morgan fingerprint density at radius 1 is 0.860 bits per heavy atom. The molecule has 4 aromatic carbocycles. The van der Waals surface area contributed by atoms with Gasteiger partial charge in [0.05, 0.1) is 38.4 Å². The lowest BCUT2D eigenvalue weighted by Gasteiger charge is -2.38. The molecular weight excluding hydrogens is 725 g/mol. The first kappa shape index (κ1) is 39.2. The Labute approximate surface area is 330 Å². The zero-order valence-corrected chi connectivity index (χ0v) is 32.4. The van der Waals surface area contributed by atoms with Crippen LogP contribution in [0.15, 0.2) is 118 Å². The molecule has 0 bridgehead atoms. The van der Waals surface area contributed by atoms with E-state index in [-0.39, 0.29) is 37.3 Å². The number of carboxylic acid groups (broad SMARTS) is 1. The number of fused-ring (bicyclic) bond motifs is 2. The first-order valence-corrected chi connectivity index (χ1v) is 19.0. The second-order valence-electron chi connectivity index (χ2n) is 15.2. The number of aromatic nitrogens is 1. The number of ether oxygens (including phenoxy) is 3. The molecule has 0 radical (unpaired) electrons. The van der Waals surface area contributed by atoms with Crippen LogP contribution in [-0.2, 0) is 32.8 Å². The average molecular weight is 771 g/mol. The van der Waals surface area contributed by atoms with Gasteiger partial charge < -0.3 is 33.7 Å². The summed E-state index contributed by atoms with van der Waals surface area (Å²) in [6.45, 7) is 3.59. The number of aliphatic hydroxyl groups is 1. The molecule has 57 heavy (non-hydrogen) atoms. The van der Waals surface area contributed by atoms with Gasteiger partial charge in [0.1, 0.15) is 28.3 Å². The fourth-order valence-electron chi connectivity index (χ4n) is 7.67. The number of amides is 1. The van der Waals surface area contributed by atoms with E-state index in [2.05, 4.69) is 0 Å². The lowest BCUT2D eigenvalue weighted by atomic mass is 9.80. The number of hydrogen-bond acceptors (Lipinski definition) is 9. The minimum atomic E-state index is -1.09. The predicted molar refractivity (Wildman–Crippen MR) is 215 cm³/mol. The molecule has 2 N–H and O–H groups in total. The molecule has 11 nitrogen and oxygen atoms in total. The second-order valence-corrected chi connectivity index (χ2v) is 15.2. The van der Waals surface area contributed by atoms with Crippen LogP contribution in [0.2, 0.25) is 0 Å². The van der Waals surface area contributed by atoms with Crippen molar-refractivity contribution in [1.29, 1.82) is 0 Å². The Morgan fingerprint density at radius 3 is 2.11 bits per heavy atom. The fraction of sp³-hybridized carbons (Fsp3) is 0.304. The van der Waals surface area contributed by atoms with Crippen molar-refractivity contribution >= 4 is 23.0 Å². The van der Waals surface area contributed by atoms with Gasteiger partial charge in [-0.05, 0) is 97.8 Å². The SMILES string of the molecule is COc1ccc(C(OCC2CC(O)CN2C(=O)CCc2cc3nc4ccc(CC(C)(C)C(=O)O)cc4oc-3cc2=O)(c2ccccc2)c2ccc(OC)cc2)cc1. The summed E-state index contributed by atoms with van der Waals surface area (Å²) >= 11 is 0. The number of carbonyl (C=O) groups excluding carboxylic acids is 1. The third-order valence-electron chi connectivity index (χ3n) is 10.8. The smallest absolute Gasteiger partial charge is 0.309 e. The molecule has 2 heterocycles. The van der Waals surface area contributed by atoms with E-state index in [0.29, 0.717) is 52.5 Å². The van der Waals surface area contributed by atoms with Gasteiger partial charge in [-0.1, -0.05) is 60.7 Å². The van der Waals surface area contributed by atoms with Crippen LogP contribution in [0, 0.1) is 5.41 Å². The van der Waals surface area contributed by atoms with Gasteiger partial charge in [0.2, 0.25) is 5.91 Å². The normalized spacial score (nSPS) is 15.9. The molecule has 3 aliphatic rings. The van der Waals surface area contributed by atoms with Crippen molar-refractivity contribution < 1.29 is 38.4 Å². The number of hydrogen-bond donors (Lipinski definition) is 2. The van der Waals surface area contributed by atoms with E-state index in [0.717, 1.165) is 22.3 Å². The van der Waals surface area contributed by atoms with Crippen molar-refractivity contribution in [2.75, 3.05) is 27.4 Å². The Kier molecular flexibility index (Phi) is 11.1. The van der Waals surface area contributed by atoms with E-state index in [4.69, 9.17) is 23.6 Å². The lowest BCUT2D eigenvalue weighted by Crippen LogP contribution is -2.42. The topological polar surface area (TPSA) is 149 Å². The van der Waals surface area contributed by atoms with Crippen molar-refractivity contribution in [2.24, 2.45) is 5.41 Å². The van der Waals surface area contributed by atoms with Crippen LogP contribution < -0.4 is 14.9 Å². The molecule has 0 aromatic heterocycles. The first-order valence-electron chi connectivity index (χ1n) is 19.0. The summed E-state index contributed by atoms with van der Waals surface area (Å²) in [6, 6.07) is 33.3. The van der Waals surface area contributed by atoms with E-state index in [1.807, 2.05) is 84.9 Å². The summed E-state index contributed by atoms with van der Waals surface area (Å²) in [7, 11) is 3.24. The van der Waals surface area contributed by atoms with E-state index in [1.54, 1.807) is 51.2 Å². The highest BCUT2D eigenvalue weighted by molar-refractivity contribution is 5.79. The summed E-state index contributed by atoms with van der Waals surface area (Å²) in [5.74, 6) is 0.595. The number of nitrogens with zero attached hydrogens (tertiary/aromatic N) is 2. The number of likely N-dealkylation sites (tertiary alicyclic amines) is 1. The van der Waals surface area contributed by atoms with E-state index in [1.165, 1.54) is 6.07 Å². The number of aliphatic hydroxyl groups excluding tert-OH is 1. The zero-order chi connectivity index (χ0) is 40.3. The van der Waals surface area contributed by atoms with Crippen molar-refractivity contribution in [2.45, 2.75) is 57.3 Å². The standard InChI is InChI=1S/C46H46N2O9/c1-45(2,44(52)53)26-29-10-20-38-41(22-29)57-42-25-40(50)30(23-39(42)47-38)11-21-43(51)48-27-35(49)24-34(48)28-56-46(31-8-6-5-7-9-31,32-12-16-36(54-3)17-13-32)33-14-18-37(55-4)19-15-33/h5-10,12-20,22-23,25,34-35,49H,11,21,24,26-28H2,1-4H3,(H,52,53). The van der Waals surface area contributed by atoms with Gasteiger partial charge in [0, 0.05) is 24.6 Å². The summed E-state index contributed by atoms with van der Waals surface area (Å²) in [6.07, 6.45) is 0.103. The highest BCUT2D eigenvalue weighted by Crippen LogP contribution is 2.42. The van der Waals surface area contributed by atoms with Gasteiger partial charge in [-0.2, -0.15) is 0 Å². The van der Waals surface area contributed by atoms with Gasteiger partial charge in [0.25, 0.3) is 0 Å². The first-order chi connectivity index (χ1) is 27.4. The van der Waals surface area contributed by atoms with Crippen LogP contribution >= 0.6 is 0 Å². The molecule has 294 valence electrons. The molecule has 2 unspecified atom stereocenters. The van der Waals surface area contributed by atoms with Crippen molar-refractivity contribution in [3.8, 4) is 23.0 Å². The predicted octanol–water partition coefficient (Wildman–Crippen LogP) is 6.87. The van der Waals surface area contributed by atoms with Gasteiger partial charge >= 0.3 is 5.97 Å². The van der Waals surface area contributed by atoms with Crippen LogP contribution in [0.25, 0.3) is 22.6 Å². The van der Waals surface area contributed by atoms with E-state index < -0.39 is 29.1 Å². The number of aliphatic carboxylic acids is 1. The number of rotatable bonds is 14. The fourth-order valence-corrected chi connectivity index (χ4v) is 7.67. The molecule has 1 aliphatic carbocycles. The third kappa shape index (κ3) is 8.12. The Hall–Kier alpha value is -6.04. The van der Waals surface area contributed by atoms with E-state index >= 15 is 0 Å². The molecule has 1 saturated heterocycles. The van der Waals surface area contributed by atoms with Gasteiger partial charge in [-0.3, -0.25) is 14.4 Å². The van der Waals surface area contributed by atoms with Gasteiger partial charge in [-0.25, -0.2) is 4.98 Å². The number of benzene rings is 5. The van der Waals surface area contributed by atoms with Gasteiger partial charge in [0.15, 0.2) is 16.8 Å². The quantitative estimate of drug-likeness (QED) is 0.0889. The second kappa shape index (κ2) is 16.2. The van der Waals surface area contributed by atoms with Crippen LogP contribution in [0.4, 0.5) is 0 Å². The number of β-amino-alcohol motifs (C(OH)–C–C–N with tert-alkyl or cyclic N) is 1. The van der Waals surface area contributed by atoms with Crippen LogP contribution in [0.5, 0.6) is 11.5 Å². The number of aryl methyl sites for hydroxylation is 1. The molecule has 11 heteroatoms. The van der Waals surface area contributed by atoms with Crippen LogP contribution in [-0.4, -0.2) is 71.5 Å². The molecule has 0 spiro atoms. The summed E-state index contributed by atoms with van der Waals surface area (Å²) in [5.41, 5.74) is 2.93. The van der Waals surface area contributed by atoms with Crippen molar-refractivity contribution in [1.82, 2.24) is 9.88 Å². The van der Waals surface area contributed by atoms with E-state index in [9.17, 15) is 24.6 Å². The molecule has 2 atom stereocenters.